The first kappa shape index (κ1) is 13.3. The summed E-state index contributed by atoms with van der Waals surface area (Å²) in [6, 6.07) is 2.21. The average molecular weight is 302 g/mol. The molecule has 0 amide bonds. The Kier molecular flexibility index (Phi) is 3.25. The molecule has 2 aromatic rings. The van der Waals surface area contributed by atoms with Crippen LogP contribution in [0.15, 0.2) is 6.07 Å². The number of thiophene rings is 1. The summed E-state index contributed by atoms with van der Waals surface area (Å²) in [5.74, 6) is 4.05. The fraction of sp³-hybridized carbons (Fsp3) is 0.625. The van der Waals surface area contributed by atoms with E-state index in [1.54, 1.807) is 11.3 Å². The van der Waals surface area contributed by atoms with E-state index in [0.717, 1.165) is 46.8 Å². The highest BCUT2D eigenvalue weighted by Crippen LogP contribution is 2.49. The van der Waals surface area contributed by atoms with Crippen LogP contribution in [0.3, 0.4) is 0 Å². The Balaban J connectivity index is 1.58. The number of fused-ring (bicyclic) bond motifs is 1. The van der Waals surface area contributed by atoms with Crippen LogP contribution in [0.25, 0.3) is 10.2 Å². The number of hydrogen-bond acceptors (Lipinski definition) is 5. The second kappa shape index (κ2) is 5.13. The Labute approximate surface area is 129 Å². The van der Waals surface area contributed by atoms with Gasteiger partial charge in [-0.25, -0.2) is 4.98 Å². The van der Waals surface area contributed by atoms with E-state index in [1.807, 2.05) is 0 Å². The minimum Gasteiger partial charge on any atom is -0.369 e. The summed E-state index contributed by atoms with van der Waals surface area (Å²) in [7, 11) is 0. The zero-order valence-electron chi connectivity index (χ0n) is 12.4. The number of anilines is 2. The van der Waals surface area contributed by atoms with Crippen molar-refractivity contribution in [3.63, 3.8) is 0 Å². The van der Waals surface area contributed by atoms with Crippen molar-refractivity contribution in [1.29, 1.82) is 0 Å². The molecule has 2 saturated carbocycles. The van der Waals surface area contributed by atoms with Crippen molar-refractivity contribution >= 4 is 33.3 Å². The minimum absolute atomic E-state index is 0.379. The highest BCUT2D eigenvalue weighted by molar-refractivity contribution is 7.18. The predicted octanol–water partition coefficient (Wildman–Crippen LogP) is 3.68. The van der Waals surface area contributed by atoms with Gasteiger partial charge < -0.3 is 11.1 Å². The van der Waals surface area contributed by atoms with Crippen LogP contribution in [0.4, 0.5) is 11.8 Å². The van der Waals surface area contributed by atoms with Crippen molar-refractivity contribution in [1.82, 2.24) is 9.97 Å². The van der Waals surface area contributed by atoms with Crippen LogP contribution in [0.5, 0.6) is 0 Å². The summed E-state index contributed by atoms with van der Waals surface area (Å²) in [5.41, 5.74) is 5.87. The van der Waals surface area contributed by atoms with E-state index >= 15 is 0 Å². The Hall–Kier alpha value is -1.36. The molecule has 0 radical (unpaired) electrons. The van der Waals surface area contributed by atoms with E-state index in [0.29, 0.717) is 5.95 Å². The first-order chi connectivity index (χ1) is 10.2. The Bertz CT molecular complexity index is 646. The highest BCUT2D eigenvalue weighted by Gasteiger charge is 2.41. The predicted molar refractivity (Wildman–Crippen MR) is 88.6 cm³/mol. The van der Waals surface area contributed by atoms with Crippen molar-refractivity contribution in [3.05, 3.63) is 10.9 Å². The molecule has 0 bridgehead atoms. The van der Waals surface area contributed by atoms with E-state index < -0.39 is 0 Å². The third kappa shape index (κ3) is 2.71. The fourth-order valence-electron chi connectivity index (χ4n) is 3.28. The minimum atomic E-state index is 0.379. The SMILES string of the molecule is CCc1cc2c(NCC(C3CC3)C3CC3)nc(N)nc2s1. The Morgan fingerprint density at radius 1 is 1.29 bits per heavy atom. The molecule has 5 heteroatoms. The molecular formula is C16H22N4S. The van der Waals surface area contributed by atoms with Gasteiger partial charge in [0.25, 0.3) is 0 Å². The van der Waals surface area contributed by atoms with E-state index in [1.165, 1.54) is 30.6 Å². The zero-order chi connectivity index (χ0) is 14.4. The van der Waals surface area contributed by atoms with Gasteiger partial charge in [-0.2, -0.15) is 4.98 Å². The van der Waals surface area contributed by atoms with Crippen LogP contribution in [0.2, 0.25) is 0 Å². The van der Waals surface area contributed by atoms with Gasteiger partial charge in [-0.3, -0.25) is 0 Å². The summed E-state index contributed by atoms with van der Waals surface area (Å²) in [6.07, 6.45) is 6.71. The summed E-state index contributed by atoms with van der Waals surface area (Å²) >= 11 is 1.73. The molecule has 112 valence electrons. The lowest BCUT2D eigenvalue weighted by molar-refractivity contribution is 0.428. The van der Waals surface area contributed by atoms with Crippen molar-refractivity contribution < 1.29 is 0 Å². The molecule has 0 aromatic carbocycles. The molecule has 2 aliphatic rings. The molecule has 2 heterocycles. The Morgan fingerprint density at radius 3 is 2.62 bits per heavy atom. The number of nitrogen functional groups attached to an aromatic ring is 1. The molecule has 0 atom stereocenters. The Morgan fingerprint density at radius 2 is 2.00 bits per heavy atom. The van der Waals surface area contributed by atoms with Gasteiger partial charge in [-0.15, -0.1) is 11.3 Å². The second-order valence-electron chi connectivity index (χ2n) is 6.44. The number of nitrogens with two attached hydrogens (primary N) is 1. The van der Waals surface area contributed by atoms with Crippen LogP contribution in [0.1, 0.15) is 37.5 Å². The number of hydrogen-bond donors (Lipinski definition) is 2. The van der Waals surface area contributed by atoms with Crippen LogP contribution in [-0.2, 0) is 6.42 Å². The fourth-order valence-corrected chi connectivity index (χ4v) is 4.25. The average Bonchev–Trinajstić information content (AvgIpc) is 3.37. The maximum atomic E-state index is 5.87. The molecule has 0 unspecified atom stereocenters. The molecule has 2 aliphatic carbocycles. The van der Waals surface area contributed by atoms with Crippen LogP contribution < -0.4 is 11.1 Å². The first-order valence-corrected chi connectivity index (χ1v) is 8.86. The third-order valence-electron chi connectivity index (χ3n) is 4.77. The molecular weight excluding hydrogens is 280 g/mol. The van der Waals surface area contributed by atoms with E-state index in [4.69, 9.17) is 5.73 Å². The molecule has 4 nitrogen and oxygen atoms in total. The molecule has 2 aromatic heterocycles. The quantitative estimate of drug-likeness (QED) is 0.854. The number of nitrogens with zero attached hydrogens (tertiary/aromatic N) is 2. The van der Waals surface area contributed by atoms with Crippen molar-refractivity contribution in [2.75, 3.05) is 17.6 Å². The zero-order valence-corrected chi connectivity index (χ0v) is 13.2. The van der Waals surface area contributed by atoms with Crippen LogP contribution in [-0.4, -0.2) is 16.5 Å². The van der Waals surface area contributed by atoms with Gasteiger partial charge in [-0.05, 0) is 55.9 Å². The molecule has 0 spiro atoms. The van der Waals surface area contributed by atoms with Gasteiger partial charge in [0.2, 0.25) is 5.95 Å². The topological polar surface area (TPSA) is 63.8 Å². The van der Waals surface area contributed by atoms with Gasteiger partial charge in [0.15, 0.2) is 0 Å². The maximum absolute atomic E-state index is 5.87. The van der Waals surface area contributed by atoms with Crippen molar-refractivity contribution in [2.24, 2.45) is 17.8 Å². The molecule has 0 aliphatic heterocycles. The van der Waals surface area contributed by atoms with Gasteiger partial charge in [-0.1, -0.05) is 6.92 Å². The molecule has 4 rings (SSSR count). The highest BCUT2D eigenvalue weighted by atomic mass is 32.1. The van der Waals surface area contributed by atoms with Gasteiger partial charge in [0, 0.05) is 11.4 Å². The van der Waals surface area contributed by atoms with Gasteiger partial charge in [0.1, 0.15) is 10.6 Å². The number of aromatic nitrogens is 2. The largest absolute Gasteiger partial charge is 0.369 e. The summed E-state index contributed by atoms with van der Waals surface area (Å²) in [5, 5.41) is 4.72. The lowest BCUT2D eigenvalue weighted by Gasteiger charge is -2.17. The van der Waals surface area contributed by atoms with Gasteiger partial charge >= 0.3 is 0 Å². The van der Waals surface area contributed by atoms with Crippen LogP contribution >= 0.6 is 11.3 Å². The third-order valence-corrected chi connectivity index (χ3v) is 5.94. The smallest absolute Gasteiger partial charge is 0.223 e. The lowest BCUT2D eigenvalue weighted by atomic mass is 9.98. The normalized spacial score (nSPS) is 18.6. The van der Waals surface area contributed by atoms with E-state index in [2.05, 4.69) is 28.3 Å². The lowest BCUT2D eigenvalue weighted by Crippen LogP contribution is -2.19. The molecule has 21 heavy (non-hydrogen) atoms. The summed E-state index contributed by atoms with van der Waals surface area (Å²) < 4.78 is 0. The van der Waals surface area contributed by atoms with E-state index in [-0.39, 0.29) is 0 Å². The van der Waals surface area contributed by atoms with Crippen molar-refractivity contribution in [3.8, 4) is 0 Å². The number of rotatable bonds is 6. The molecule has 3 N–H and O–H groups in total. The first-order valence-electron chi connectivity index (χ1n) is 8.04. The summed E-state index contributed by atoms with van der Waals surface area (Å²) in [4.78, 5) is 11.2. The van der Waals surface area contributed by atoms with Gasteiger partial charge in [0.05, 0.1) is 5.39 Å². The van der Waals surface area contributed by atoms with Crippen LogP contribution in [0, 0.1) is 17.8 Å². The number of aryl methyl sites for hydroxylation is 1. The second-order valence-corrected chi connectivity index (χ2v) is 7.55. The molecule has 2 fully saturated rings. The standard InChI is InChI=1S/C16H22N4S/c1-2-11-7-12-14(19-16(17)20-15(12)21-11)18-8-13(9-3-4-9)10-5-6-10/h7,9-10,13H,2-6,8H2,1H3,(H3,17,18,19,20). The summed E-state index contributed by atoms with van der Waals surface area (Å²) in [6.45, 7) is 3.21. The maximum Gasteiger partial charge on any atom is 0.223 e. The number of nitrogens with one attached hydrogen (secondary N) is 1. The molecule has 0 saturated heterocycles. The monoisotopic (exact) mass is 302 g/mol. The van der Waals surface area contributed by atoms with E-state index in [9.17, 15) is 0 Å². The van der Waals surface area contributed by atoms with Crippen molar-refractivity contribution in [2.45, 2.75) is 39.0 Å².